The molecule has 7 rings (SSSR count). The van der Waals surface area contributed by atoms with Crippen LogP contribution in [0.3, 0.4) is 0 Å². The Morgan fingerprint density at radius 1 is 0.543 bits per heavy atom. The number of aliphatic hydroxyl groups excluding tert-OH is 1. The highest BCUT2D eigenvalue weighted by molar-refractivity contribution is 7.22. The van der Waals surface area contributed by atoms with Gasteiger partial charge in [-0.05, 0) is 181 Å². The molecule has 0 atom stereocenters. The molecular formula is C62H73N3O15S. The fraction of sp³-hybridized carbons (Fsp3) is 0.435. The molecule has 432 valence electrons. The lowest BCUT2D eigenvalue weighted by Crippen LogP contribution is -2.30. The first kappa shape index (κ1) is 62.4. The monoisotopic (exact) mass is 1130 g/mol. The molecule has 0 spiro atoms. The van der Waals surface area contributed by atoms with Crippen LogP contribution in [-0.4, -0.2) is 86.1 Å². The number of thiazole rings is 1. The van der Waals surface area contributed by atoms with E-state index in [2.05, 4.69) is 28.4 Å². The first-order chi connectivity index (χ1) is 39.5. The van der Waals surface area contributed by atoms with Gasteiger partial charge in [-0.2, -0.15) is 0 Å². The number of ether oxygens (including phenoxy) is 8. The SMILES string of the molecule is C=CC(=O)OCCCCCCOc1ccc(OC(=O)C2CCC(C(=O)OC)CC2)cc1.C=CC(=O)OCCCCCCOc1ccc(OC(=O)C2CCC(C(=O)Oc3ccc(CCO)c4sc(N=Nc5ccccc5)nc34)CC2)cc1. The van der Waals surface area contributed by atoms with Gasteiger partial charge in [0.2, 0.25) is 5.13 Å². The molecule has 0 radical (unpaired) electrons. The minimum atomic E-state index is -0.400. The Balaban J connectivity index is 0.000000293. The number of benzene rings is 4. The van der Waals surface area contributed by atoms with Crippen LogP contribution in [0.15, 0.2) is 127 Å². The second-order valence-corrected chi connectivity index (χ2v) is 20.5. The number of unbranched alkanes of at least 4 members (excludes halogenated alkanes) is 6. The van der Waals surface area contributed by atoms with Crippen molar-refractivity contribution in [2.75, 3.05) is 40.1 Å². The van der Waals surface area contributed by atoms with E-state index in [1.54, 1.807) is 54.6 Å². The number of aliphatic hydroxyl groups is 1. The highest BCUT2D eigenvalue weighted by Crippen LogP contribution is 2.39. The van der Waals surface area contributed by atoms with E-state index >= 15 is 0 Å². The second kappa shape index (κ2) is 34.4. The fourth-order valence-corrected chi connectivity index (χ4v) is 10.1. The Bertz CT molecular complexity index is 2840. The van der Waals surface area contributed by atoms with Crippen LogP contribution in [0.4, 0.5) is 10.8 Å². The fourth-order valence-electron chi connectivity index (χ4n) is 9.12. The molecule has 2 aliphatic rings. The molecule has 2 saturated carbocycles. The van der Waals surface area contributed by atoms with Crippen LogP contribution in [0.5, 0.6) is 28.7 Å². The van der Waals surface area contributed by atoms with Crippen molar-refractivity contribution in [2.24, 2.45) is 33.9 Å². The third-order valence-electron chi connectivity index (χ3n) is 13.7. The van der Waals surface area contributed by atoms with E-state index in [-0.39, 0.29) is 60.1 Å². The first-order valence-electron chi connectivity index (χ1n) is 27.7. The first-order valence-corrected chi connectivity index (χ1v) is 28.6. The standard InChI is InChI=1S/C38H41N3O8S.C24H32O7/c1-2-33(43)47-25-9-4-3-8-24-46-30-17-19-31(20-18-30)48-36(44)27-12-14-28(15-13-27)37(45)49-32-21-16-26(22-23-42)35-34(32)39-38(50-35)41-40-29-10-6-5-7-11-29;1-3-22(25)30-17-7-5-4-6-16-29-20-12-14-21(15-13-20)31-24(27)19-10-8-18(9-11-19)23(26)28-2/h2,5-7,10-11,16-21,27-28,42H,1,3-4,8-9,12-15,22-25H2;3,12-15,18-19H,1,4-11,16-17H2,2H3. The minimum Gasteiger partial charge on any atom is -0.494 e. The third-order valence-corrected chi connectivity index (χ3v) is 14.7. The zero-order valence-electron chi connectivity index (χ0n) is 46.0. The van der Waals surface area contributed by atoms with Crippen LogP contribution < -0.4 is 23.7 Å². The topological polar surface area (TPSA) is 234 Å². The maximum absolute atomic E-state index is 13.2. The third kappa shape index (κ3) is 21.3. The highest BCUT2D eigenvalue weighted by atomic mass is 32.1. The molecule has 19 heteroatoms. The summed E-state index contributed by atoms with van der Waals surface area (Å²) < 4.78 is 43.9. The van der Waals surface area contributed by atoms with Crippen molar-refractivity contribution in [1.29, 1.82) is 0 Å². The molecule has 0 aliphatic heterocycles. The minimum absolute atomic E-state index is 0.0281. The number of rotatable bonds is 29. The summed E-state index contributed by atoms with van der Waals surface area (Å²) in [6, 6.07) is 26.8. The van der Waals surface area contributed by atoms with Gasteiger partial charge in [-0.15, -0.1) is 10.2 Å². The lowest BCUT2D eigenvalue weighted by atomic mass is 9.82. The molecule has 1 heterocycles. The van der Waals surface area contributed by atoms with E-state index in [1.165, 1.54) is 18.4 Å². The van der Waals surface area contributed by atoms with Crippen LogP contribution in [0.25, 0.3) is 10.2 Å². The van der Waals surface area contributed by atoms with Crippen molar-refractivity contribution >= 4 is 68.2 Å². The summed E-state index contributed by atoms with van der Waals surface area (Å²) in [7, 11) is 1.39. The van der Waals surface area contributed by atoms with Gasteiger partial charge in [0.15, 0.2) is 5.75 Å². The van der Waals surface area contributed by atoms with Crippen molar-refractivity contribution < 1.29 is 71.8 Å². The summed E-state index contributed by atoms with van der Waals surface area (Å²) in [6.07, 6.45) is 14.6. The van der Waals surface area contributed by atoms with Crippen LogP contribution >= 0.6 is 11.3 Å². The Morgan fingerprint density at radius 3 is 1.42 bits per heavy atom. The Morgan fingerprint density at radius 2 is 0.975 bits per heavy atom. The summed E-state index contributed by atoms with van der Waals surface area (Å²) in [5.74, 6) is -0.197. The average molecular weight is 1130 g/mol. The van der Waals surface area contributed by atoms with E-state index in [0.717, 1.165) is 79.5 Å². The molecule has 0 saturated heterocycles. The molecule has 5 aromatic rings. The van der Waals surface area contributed by atoms with Gasteiger partial charge in [0.1, 0.15) is 28.5 Å². The predicted molar refractivity (Wildman–Crippen MR) is 304 cm³/mol. The van der Waals surface area contributed by atoms with Crippen molar-refractivity contribution in [3.8, 4) is 28.7 Å². The van der Waals surface area contributed by atoms with Gasteiger partial charge in [0.25, 0.3) is 0 Å². The number of hydrogen-bond acceptors (Lipinski definition) is 19. The predicted octanol–water partition coefficient (Wildman–Crippen LogP) is 12.5. The molecule has 81 heavy (non-hydrogen) atoms. The molecule has 4 aromatic carbocycles. The molecule has 1 N–H and O–H groups in total. The van der Waals surface area contributed by atoms with Gasteiger partial charge in [-0.25, -0.2) is 14.6 Å². The van der Waals surface area contributed by atoms with Crippen LogP contribution in [0.2, 0.25) is 0 Å². The maximum Gasteiger partial charge on any atom is 0.330 e. The normalized spacial score (nSPS) is 16.7. The van der Waals surface area contributed by atoms with Crippen LogP contribution in [-0.2, 0) is 49.4 Å². The molecule has 2 fully saturated rings. The van der Waals surface area contributed by atoms with Crippen LogP contribution in [0.1, 0.15) is 108 Å². The number of carbonyl (C=O) groups is 6. The van der Waals surface area contributed by atoms with E-state index < -0.39 is 5.97 Å². The smallest absolute Gasteiger partial charge is 0.330 e. The molecular weight excluding hydrogens is 1060 g/mol. The molecule has 0 unspecified atom stereocenters. The van der Waals surface area contributed by atoms with Crippen molar-refractivity contribution in [3.63, 3.8) is 0 Å². The zero-order valence-corrected chi connectivity index (χ0v) is 46.8. The van der Waals surface area contributed by atoms with E-state index in [9.17, 15) is 33.9 Å². The number of carbonyl (C=O) groups excluding carboxylic acids is 6. The largest absolute Gasteiger partial charge is 0.494 e. The summed E-state index contributed by atoms with van der Waals surface area (Å²) in [5, 5.41) is 18.5. The van der Waals surface area contributed by atoms with E-state index in [4.69, 9.17) is 37.9 Å². The van der Waals surface area contributed by atoms with Gasteiger partial charge >= 0.3 is 35.8 Å². The quantitative estimate of drug-likeness (QED) is 0.0117. The summed E-state index contributed by atoms with van der Waals surface area (Å²) in [6.45, 7) is 8.65. The van der Waals surface area contributed by atoms with Crippen molar-refractivity contribution in [2.45, 2.75) is 109 Å². The van der Waals surface area contributed by atoms with Gasteiger partial charge in [0, 0.05) is 18.8 Å². The number of aromatic nitrogens is 1. The number of azo groups is 1. The number of esters is 6. The van der Waals surface area contributed by atoms with E-state index in [0.29, 0.717) is 124 Å². The highest BCUT2D eigenvalue weighted by Gasteiger charge is 2.34. The van der Waals surface area contributed by atoms with Gasteiger partial charge < -0.3 is 43.0 Å². The number of methoxy groups -OCH3 is 1. The van der Waals surface area contributed by atoms with E-state index in [1.807, 2.05) is 36.4 Å². The Kier molecular flexibility index (Phi) is 26.5. The van der Waals surface area contributed by atoms with Crippen LogP contribution in [0, 0.1) is 23.7 Å². The average Bonchev–Trinajstić information content (AvgIpc) is 4.05. The lowest BCUT2D eigenvalue weighted by Gasteiger charge is -2.25. The van der Waals surface area contributed by atoms with Gasteiger partial charge in [-0.1, -0.05) is 48.8 Å². The van der Waals surface area contributed by atoms with Crippen molar-refractivity contribution in [3.05, 3.63) is 122 Å². The second-order valence-electron chi connectivity index (χ2n) is 19.5. The summed E-state index contributed by atoms with van der Waals surface area (Å²) >= 11 is 1.33. The Labute approximate surface area is 476 Å². The Hall–Kier alpha value is -7.77. The summed E-state index contributed by atoms with van der Waals surface area (Å²) in [5.41, 5.74) is 2.08. The molecule has 0 amide bonds. The number of fused-ring (bicyclic) bond motifs is 1. The zero-order chi connectivity index (χ0) is 57.6. The molecule has 0 bridgehead atoms. The summed E-state index contributed by atoms with van der Waals surface area (Å²) in [4.78, 5) is 76.7. The molecule has 2 aliphatic carbocycles. The maximum atomic E-state index is 13.2. The van der Waals surface area contributed by atoms with Crippen molar-refractivity contribution in [1.82, 2.24) is 4.98 Å². The molecule has 1 aromatic heterocycles. The molecule has 18 nitrogen and oxygen atoms in total. The number of hydrogen-bond donors (Lipinski definition) is 1. The lowest BCUT2D eigenvalue weighted by molar-refractivity contribution is -0.149. The number of nitrogens with zero attached hydrogens (tertiary/aromatic N) is 3. The van der Waals surface area contributed by atoms with Gasteiger partial charge in [0.05, 0.1) is 67.6 Å². The van der Waals surface area contributed by atoms with Gasteiger partial charge in [-0.3, -0.25) is 19.2 Å².